The highest BCUT2D eigenvalue weighted by atomic mass is 32.2. The van der Waals surface area contributed by atoms with Crippen LogP contribution in [0.15, 0.2) is 38.6 Å². The summed E-state index contributed by atoms with van der Waals surface area (Å²) in [5.41, 5.74) is 4.23. The van der Waals surface area contributed by atoms with Gasteiger partial charge in [-0.3, -0.25) is 4.79 Å². The van der Waals surface area contributed by atoms with Crippen molar-refractivity contribution >= 4 is 40.1 Å². The van der Waals surface area contributed by atoms with E-state index < -0.39 is 5.63 Å². The second kappa shape index (κ2) is 7.91. The van der Waals surface area contributed by atoms with Gasteiger partial charge in [0, 0.05) is 41.0 Å². The van der Waals surface area contributed by atoms with E-state index in [0.29, 0.717) is 28.6 Å². The summed E-state index contributed by atoms with van der Waals surface area (Å²) in [6.45, 7) is 5.73. The van der Waals surface area contributed by atoms with E-state index in [2.05, 4.69) is 20.4 Å². The fourth-order valence-corrected chi connectivity index (χ4v) is 3.84. The Morgan fingerprint density at radius 1 is 1.20 bits per heavy atom. The number of carbonyl (C=O) groups excluding carboxylic acids is 1. The highest BCUT2D eigenvalue weighted by molar-refractivity contribution is 7.98. The number of thioether (sulfide) groups is 1. The third kappa shape index (κ3) is 3.80. The van der Waals surface area contributed by atoms with E-state index in [1.165, 1.54) is 17.8 Å². The van der Waals surface area contributed by atoms with Crippen LogP contribution < -0.4 is 10.9 Å². The highest BCUT2D eigenvalue weighted by Crippen LogP contribution is 2.22. The van der Waals surface area contributed by atoms with Crippen LogP contribution in [0.5, 0.6) is 0 Å². The zero-order chi connectivity index (χ0) is 21.4. The lowest BCUT2D eigenvalue weighted by molar-refractivity contribution is -0.116. The zero-order valence-electron chi connectivity index (χ0n) is 17.1. The smallest absolute Gasteiger partial charge is 0.336 e. The molecule has 0 aliphatic carbocycles. The third-order valence-electron chi connectivity index (χ3n) is 5.05. The number of hydrogen-bond acceptors (Lipinski definition) is 7. The Hall–Kier alpha value is -3.20. The maximum absolute atomic E-state index is 12.5. The first-order valence-electron chi connectivity index (χ1n) is 9.47. The number of nitrogens with zero attached hydrogens (tertiary/aromatic N) is 4. The van der Waals surface area contributed by atoms with E-state index in [1.54, 1.807) is 16.6 Å². The number of amides is 1. The maximum atomic E-state index is 12.5. The lowest BCUT2D eigenvalue weighted by Gasteiger charge is -2.11. The predicted molar refractivity (Wildman–Crippen MR) is 116 cm³/mol. The molecule has 4 rings (SSSR count). The van der Waals surface area contributed by atoms with Crippen molar-refractivity contribution in [2.45, 2.75) is 38.8 Å². The van der Waals surface area contributed by atoms with Crippen LogP contribution in [0.4, 0.5) is 5.69 Å². The van der Waals surface area contributed by atoms with Gasteiger partial charge in [-0.15, -0.1) is 5.10 Å². The number of rotatable bonds is 5. The third-order valence-corrected chi connectivity index (χ3v) is 5.59. The molecule has 1 N–H and O–H groups in total. The number of carbonyl (C=O) groups is 1. The largest absolute Gasteiger partial charge is 0.423 e. The van der Waals surface area contributed by atoms with Crippen molar-refractivity contribution in [2.24, 2.45) is 0 Å². The van der Waals surface area contributed by atoms with Crippen molar-refractivity contribution in [3.63, 3.8) is 0 Å². The summed E-state index contributed by atoms with van der Waals surface area (Å²) >= 11 is 1.46. The van der Waals surface area contributed by atoms with Crippen molar-refractivity contribution in [1.82, 2.24) is 19.6 Å². The Labute approximate surface area is 176 Å². The number of anilines is 1. The molecular weight excluding hydrogens is 402 g/mol. The SMILES string of the molecule is CSc1nc2nc(C)c(CCC(=O)Nc3ccc4c(C)cc(=O)oc4c3)c(C)n2n1. The van der Waals surface area contributed by atoms with Gasteiger partial charge >= 0.3 is 5.63 Å². The Balaban J connectivity index is 1.51. The monoisotopic (exact) mass is 423 g/mol. The minimum atomic E-state index is -0.407. The van der Waals surface area contributed by atoms with E-state index in [0.717, 1.165) is 27.9 Å². The Morgan fingerprint density at radius 2 is 2.00 bits per heavy atom. The molecule has 3 aromatic heterocycles. The molecule has 0 bridgehead atoms. The summed E-state index contributed by atoms with van der Waals surface area (Å²) in [5, 5.41) is 8.82. The van der Waals surface area contributed by atoms with Crippen LogP contribution in [0.25, 0.3) is 16.7 Å². The van der Waals surface area contributed by atoms with Gasteiger partial charge in [-0.25, -0.2) is 14.3 Å². The molecule has 0 spiro atoms. The lowest BCUT2D eigenvalue weighted by atomic mass is 10.1. The number of hydrogen-bond donors (Lipinski definition) is 1. The lowest BCUT2D eigenvalue weighted by Crippen LogP contribution is -2.14. The fourth-order valence-electron chi connectivity index (χ4n) is 3.50. The van der Waals surface area contributed by atoms with Crippen LogP contribution in [-0.2, 0) is 11.2 Å². The molecule has 30 heavy (non-hydrogen) atoms. The van der Waals surface area contributed by atoms with E-state index >= 15 is 0 Å². The van der Waals surface area contributed by atoms with Crippen LogP contribution in [0, 0.1) is 20.8 Å². The minimum absolute atomic E-state index is 0.133. The normalized spacial score (nSPS) is 11.3. The van der Waals surface area contributed by atoms with Gasteiger partial charge in [-0.05, 0) is 56.7 Å². The molecule has 3 heterocycles. The summed E-state index contributed by atoms with van der Waals surface area (Å²) in [4.78, 5) is 33.0. The summed E-state index contributed by atoms with van der Waals surface area (Å²) in [5.74, 6) is 0.433. The Bertz CT molecular complexity index is 1340. The van der Waals surface area contributed by atoms with Gasteiger partial charge < -0.3 is 9.73 Å². The Morgan fingerprint density at radius 3 is 2.77 bits per heavy atom. The molecule has 0 radical (unpaired) electrons. The van der Waals surface area contributed by atoms with Crippen molar-refractivity contribution < 1.29 is 9.21 Å². The molecule has 0 saturated heterocycles. The predicted octanol–water partition coefficient (Wildman–Crippen LogP) is 3.45. The highest BCUT2D eigenvalue weighted by Gasteiger charge is 2.15. The maximum Gasteiger partial charge on any atom is 0.336 e. The van der Waals surface area contributed by atoms with Gasteiger partial charge in [0.15, 0.2) is 0 Å². The van der Waals surface area contributed by atoms with E-state index in [9.17, 15) is 9.59 Å². The molecule has 0 saturated carbocycles. The first-order valence-corrected chi connectivity index (χ1v) is 10.7. The van der Waals surface area contributed by atoms with Crippen molar-refractivity contribution in [1.29, 1.82) is 0 Å². The van der Waals surface area contributed by atoms with Crippen LogP contribution in [-0.4, -0.2) is 31.7 Å². The molecule has 0 atom stereocenters. The summed E-state index contributed by atoms with van der Waals surface area (Å²) in [7, 11) is 0. The van der Waals surface area contributed by atoms with Crippen molar-refractivity contribution in [2.75, 3.05) is 11.6 Å². The van der Waals surface area contributed by atoms with Gasteiger partial charge in [-0.2, -0.15) is 4.98 Å². The number of nitrogens with one attached hydrogen (secondary N) is 1. The van der Waals surface area contributed by atoms with E-state index in [1.807, 2.05) is 33.1 Å². The van der Waals surface area contributed by atoms with E-state index in [-0.39, 0.29) is 12.3 Å². The molecule has 0 aliphatic heterocycles. The van der Waals surface area contributed by atoms with Crippen LogP contribution in [0.2, 0.25) is 0 Å². The number of fused-ring (bicyclic) bond motifs is 2. The molecule has 1 amide bonds. The minimum Gasteiger partial charge on any atom is -0.423 e. The van der Waals surface area contributed by atoms with Crippen LogP contribution >= 0.6 is 11.8 Å². The van der Waals surface area contributed by atoms with E-state index in [4.69, 9.17) is 4.42 Å². The summed E-state index contributed by atoms with van der Waals surface area (Å²) in [6.07, 6.45) is 2.74. The molecule has 1 aromatic carbocycles. The van der Waals surface area contributed by atoms with Gasteiger partial charge in [0.25, 0.3) is 5.78 Å². The fraction of sp³-hybridized carbons (Fsp3) is 0.286. The van der Waals surface area contributed by atoms with Gasteiger partial charge in [0.05, 0.1) is 0 Å². The second-order valence-electron chi connectivity index (χ2n) is 7.08. The second-order valence-corrected chi connectivity index (χ2v) is 7.85. The molecule has 0 unspecified atom stereocenters. The van der Waals surface area contributed by atoms with Crippen molar-refractivity contribution in [3.8, 4) is 0 Å². The summed E-state index contributed by atoms with van der Waals surface area (Å²) in [6, 6.07) is 6.76. The Kier molecular flexibility index (Phi) is 5.29. The van der Waals surface area contributed by atoms with Crippen molar-refractivity contribution in [3.05, 3.63) is 57.2 Å². The molecular formula is C21H21N5O3S. The molecule has 0 aliphatic rings. The average Bonchev–Trinajstić information content (AvgIpc) is 3.10. The number of aryl methyl sites for hydroxylation is 3. The molecule has 4 aromatic rings. The van der Waals surface area contributed by atoms with Crippen LogP contribution in [0.3, 0.4) is 0 Å². The quantitative estimate of drug-likeness (QED) is 0.387. The molecule has 154 valence electrons. The topological polar surface area (TPSA) is 102 Å². The number of benzene rings is 1. The zero-order valence-corrected chi connectivity index (χ0v) is 18.0. The molecule has 0 fully saturated rings. The summed E-state index contributed by atoms with van der Waals surface area (Å²) < 4.78 is 6.97. The molecule has 8 nitrogen and oxygen atoms in total. The first-order chi connectivity index (χ1) is 14.4. The first kappa shape index (κ1) is 20.1. The standard InChI is InChI=1S/C21H21N5O3S/c1-11-9-19(28)29-17-10-14(5-6-15(11)17)23-18(27)8-7-16-12(2)22-20-24-21(30-4)25-26(20)13(16)3/h5-6,9-10H,7-8H2,1-4H3,(H,23,27). The molecule has 9 heteroatoms. The van der Waals surface area contributed by atoms with Gasteiger partial charge in [0.1, 0.15) is 5.58 Å². The van der Waals surface area contributed by atoms with Gasteiger partial charge in [-0.1, -0.05) is 11.8 Å². The van der Waals surface area contributed by atoms with Gasteiger partial charge in [0.2, 0.25) is 11.1 Å². The van der Waals surface area contributed by atoms with Crippen LogP contribution in [0.1, 0.15) is 28.9 Å². The average molecular weight is 423 g/mol. The number of aromatic nitrogens is 4.